The molecule has 0 spiro atoms. The Bertz CT molecular complexity index is 864. The van der Waals surface area contributed by atoms with Gasteiger partial charge in [0.25, 0.3) is 5.91 Å². The van der Waals surface area contributed by atoms with E-state index in [0.717, 1.165) is 10.2 Å². The van der Waals surface area contributed by atoms with Crippen molar-refractivity contribution in [3.63, 3.8) is 0 Å². The number of anilines is 2. The highest BCUT2D eigenvalue weighted by atomic mass is 79.9. The minimum Gasteiger partial charge on any atom is -0.381 e. The monoisotopic (exact) mass is 398 g/mol. The molecule has 0 radical (unpaired) electrons. The lowest BCUT2D eigenvalue weighted by atomic mass is 10.2. The molecule has 0 saturated heterocycles. The Kier molecular flexibility index (Phi) is 5.46. The lowest BCUT2D eigenvalue weighted by molar-refractivity contribution is 0.102. The van der Waals surface area contributed by atoms with Gasteiger partial charge in [0, 0.05) is 33.5 Å². The smallest absolute Gasteiger partial charge is 0.255 e. The van der Waals surface area contributed by atoms with E-state index in [2.05, 4.69) is 26.6 Å². The molecule has 0 aliphatic carbocycles. The highest BCUT2D eigenvalue weighted by Crippen LogP contribution is 2.17. The maximum Gasteiger partial charge on any atom is 0.255 e. The SMILES string of the molecule is O=C(Nc1ccc(NCc2ccccc2F)cc1)c1ccc(Br)cc1. The second-order valence-corrected chi connectivity index (χ2v) is 6.40. The second kappa shape index (κ2) is 7.94. The molecule has 25 heavy (non-hydrogen) atoms. The van der Waals surface area contributed by atoms with E-state index in [1.165, 1.54) is 6.07 Å². The van der Waals surface area contributed by atoms with Crippen LogP contribution in [0.3, 0.4) is 0 Å². The summed E-state index contributed by atoms with van der Waals surface area (Å²) in [5.41, 5.74) is 2.74. The molecular weight excluding hydrogens is 383 g/mol. The zero-order valence-electron chi connectivity index (χ0n) is 13.3. The second-order valence-electron chi connectivity index (χ2n) is 5.48. The molecule has 0 aromatic heterocycles. The van der Waals surface area contributed by atoms with Crippen LogP contribution < -0.4 is 10.6 Å². The molecule has 0 fully saturated rings. The maximum atomic E-state index is 13.6. The molecule has 3 nitrogen and oxygen atoms in total. The Morgan fingerprint density at radius 2 is 1.52 bits per heavy atom. The van der Waals surface area contributed by atoms with Crippen molar-refractivity contribution in [1.82, 2.24) is 0 Å². The number of nitrogens with one attached hydrogen (secondary N) is 2. The summed E-state index contributed by atoms with van der Waals surface area (Å²) in [4.78, 5) is 12.2. The summed E-state index contributed by atoms with van der Waals surface area (Å²) in [6.45, 7) is 0.400. The molecule has 3 aromatic rings. The van der Waals surface area contributed by atoms with Crippen LogP contribution in [0.25, 0.3) is 0 Å². The topological polar surface area (TPSA) is 41.1 Å². The van der Waals surface area contributed by atoms with E-state index in [1.54, 1.807) is 42.5 Å². The number of carbonyl (C=O) groups excluding carboxylic acids is 1. The number of amides is 1. The fraction of sp³-hybridized carbons (Fsp3) is 0.0500. The first kappa shape index (κ1) is 17.2. The van der Waals surface area contributed by atoms with Crippen LogP contribution in [0, 0.1) is 5.82 Å². The molecule has 0 saturated carbocycles. The minimum atomic E-state index is -0.228. The van der Waals surface area contributed by atoms with Gasteiger partial charge in [0.15, 0.2) is 0 Å². The minimum absolute atomic E-state index is 0.167. The van der Waals surface area contributed by atoms with E-state index in [-0.39, 0.29) is 11.7 Å². The third kappa shape index (κ3) is 4.67. The summed E-state index contributed by atoms with van der Waals surface area (Å²) in [5.74, 6) is -0.395. The van der Waals surface area contributed by atoms with E-state index in [9.17, 15) is 9.18 Å². The predicted molar refractivity (Wildman–Crippen MR) is 102 cm³/mol. The van der Waals surface area contributed by atoms with Gasteiger partial charge in [-0.1, -0.05) is 34.1 Å². The van der Waals surface area contributed by atoms with Gasteiger partial charge in [-0.3, -0.25) is 4.79 Å². The zero-order chi connectivity index (χ0) is 17.6. The lowest BCUT2D eigenvalue weighted by Gasteiger charge is -2.09. The molecular formula is C20H16BrFN2O. The summed E-state index contributed by atoms with van der Waals surface area (Å²) < 4.78 is 14.5. The number of hydrogen-bond acceptors (Lipinski definition) is 2. The Morgan fingerprint density at radius 1 is 0.880 bits per heavy atom. The van der Waals surface area contributed by atoms with Crippen LogP contribution in [0.4, 0.5) is 15.8 Å². The molecule has 126 valence electrons. The van der Waals surface area contributed by atoms with Crippen molar-refractivity contribution in [3.05, 3.63) is 94.2 Å². The molecule has 3 rings (SSSR count). The van der Waals surface area contributed by atoms with Gasteiger partial charge in [-0.15, -0.1) is 0 Å². The molecule has 0 aliphatic rings. The Balaban J connectivity index is 1.59. The van der Waals surface area contributed by atoms with Crippen LogP contribution in [-0.4, -0.2) is 5.91 Å². The van der Waals surface area contributed by atoms with Gasteiger partial charge >= 0.3 is 0 Å². The Morgan fingerprint density at radius 3 is 2.20 bits per heavy atom. The van der Waals surface area contributed by atoms with Gasteiger partial charge in [-0.2, -0.15) is 0 Å². The van der Waals surface area contributed by atoms with Crippen molar-refractivity contribution in [2.45, 2.75) is 6.54 Å². The van der Waals surface area contributed by atoms with E-state index < -0.39 is 0 Å². The van der Waals surface area contributed by atoms with E-state index in [4.69, 9.17) is 0 Å². The molecule has 5 heteroatoms. The van der Waals surface area contributed by atoms with E-state index in [0.29, 0.717) is 23.4 Å². The first-order chi connectivity index (χ1) is 12.1. The largest absolute Gasteiger partial charge is 0.381 e. The van der Waals surface area contributed by atoms with E-state index in [1.807, 2.05) is 24.3 Å². The number of benzene rings is 3. The van der Waals surface area contributed by atoms with Gasteiger partial charge in [0.05, 0.1) is 0 Å². The van der Waals surface area contributed by atoms with Gasteiger partial charge in [-0.25, -0.2) is 4.39 Å². The summed E-state index contributed by atoms with van der Waals surface area (Å²) >= 11 is 3.34. The molecule has 0 heterocycles. The van der Waals surface area contributed by atoms with Gasteiger partial charge in [-0.05, 0) is 54.6 Å². The lowest BCUT2D eigenvalue weighted by Crippen LogP contribution is -2.11. The third-order valence-electron chi connectivity index (χ3n) is 3.69. The van der Waals surface area contributed by atoms with Gasteiger partial charge in [0.1, 0.15) is 5.82 Å². The fourth-order valence-corrected chi connectivity index (χ4v) is 2.58. The normalized spacial score (nSPS) is 10.3. The Hall–Kier alpha value is -2.66. The molecule has 0 unspecified atom stereocenters. The standard InChI is InChI=1S/C20H16BrFN2O/c21-16-7-5-14(6-8-16)20(25)24-18-11-9-17(10-12-18)23-13-15-3-1-2-4-19(15)22/h1-12,23H,13H2,(H,24,25). The van der Waals surface area contributed by atoms with Crippen molar-refractivity contribution in [3.8, 4) is 0 Å². The van der Waals surface area contributed by atoms with Crippen LogP contribution in [0.5, 0.6) is 0 Å². The van der Waals surface area contributed by atoms with Crippen molar-refractivity contribution < 1.29 is 9.18 Å². The highest BCUT2D eigenvalue weighted by Gasteiger charge is 2.06. The third-order valence-corrected chi connectivity index (χ3v) is 4.22. The number of carbonyl (C=O) groups is 1. The van der Waals surface area contributed by atoms with Crippen molar-refractivity contribution >= 4 is 33.2 Å². The molecule has 2 N–H and O–H groups in total. The first-order valence-electron chi connectivity index (χ1n) is 7.76. The van der Waals surface area contributed by atoms with Crippen LogP contribution in [0.2, 0.25) is 0 Å². The highest BCUT2D eigenvalue weighted by molar-refractivity contribution is 9.10. The van der Waals surface area contributed by atoms with Crippen molar-refractivity contribution in [2.24, 2.45) is 0 Å². The molecule has 0 bridgehead atoms. The van der Waals surface area contributed by atoms with E-state index >= 15 is 0 Å². The zero-order valence-corrected chi connectivity index (χ0v) is 14.9. The number of rotatable bonds is 5. The maximum absolute atomic E-state index is 13.6. The summed E-state index contributed by atoms with van der Waals surface area (Å²) in [7, 11) is 0. The number of halogens is 2. The summed E-state index contributed by atoms with van der Waals surface area (Å²) in [5, 5.41) is 6.01. The fourth-order valence-electron chi connectivity index (χ4n) is 2.31. The summed E-state index contributed by atoms with van der Waals surface area (Å²) in [6.07, 6.45) is 0. The Labute approximate surface area is 154 Å². The van der Waals surface area contributed by atoms with Crippen LogP contribution in [-0.2, 0) is 6.54 Å². The van der Waals surface area contributed by atoms with Gasteiger partial charge < -0.3 is 10.6 Å². The predicted octanol–water partition coefficient (Wildman–Crippen LogP) is 5.45. The molecule has 0 aliphatic heterocycles. The van der Waals surface area contributed by atoms with Crippen LogP contribution >= 0.6 is 15.9 Å². The summed E-state index contributed by atoms with van der Waals surface area (Å²) in [6, 6.07) is 21.1. The van der Waals surface area contributed by atoms with Crippen LogP contribution in [0.15, 0.2) is 77.3 Å². The molecule has 3 aromatic carbocycles. The molecule has 1 amide bonds. The van der Waals surface area contributed by atoms with Crippen LogP contribution in [0.1, 0.15) is 15.9 Å². The number of hydrogen-bond donors (Lipinski definition) is 2. The first-order valence-corrected chi connectivity index (χ1v) is 8.55. The van der Waals surface area contributed by atoms with Crippen molar-refractivity contribution in [2.75, 3.05) is 10.6 Å². The average molecular weight is 399 g/mol. The quantitative estimate of drug-likeness (QED) is 0.599. The van der Waals surface area contributed by atoms with Gasteiger partial charge in [0.2, 0.25) is 0 Å². The molecule has 0 atom stereocenters. The van der Waals surface area contributed by atoms with Crippen molar-refractivity contribution in [1.29, 1.82) is 0 Å². The average Bonchev–Trinajstić information content (AvgIpc) is 2.63.